The van der Waals surface area contributed by atoms with Crippen LogP contribution in [0.2, 0.25) is 0 Å². The second-order valence-electron chi connectivity index (χ2n) is 9.12. The first-order valence-electron chi connectivity index (χ1n) is 10.7. The molecule has 0 aromatic heterocycles. The summed E-state index contributed by atoms with van der Waals surface area (Å²) in [5.74, 6) is -4.98. The number of aromatic hydroxyl groups is 1. The molecule has 5 rings (SSSR count). The lowest BCUT2D eigenvalue weighted by molar-refractivity contribution is -0.140. The number of halogens is 3. The van der Waals surface area contributed by atoms with E-state index in [1.807, 2.05) is 6.08 Å². The highest BCUT2D eigenvalue weighted by atomic mass is 79.9. The van der Waals surface area contributed by atoms with Crippen LogP contribution in [-0.2, 0) is 19.2 Å². The van der Waals surface area contributed by atoms with Gasteiger partial charge < -0.3 is 9.84 Å². The molecule has 180 valence electrons. The monoisotopic (exact) mass is 570 g/mol. The molecular formula is C23H21BrCl2N2O6. The fourth-order valence-corrected chi connectivity index (χ4v) is 7.64. The van der Waals surface area contributed by atoms with E-state index in [-0.39, 0.29) is 47.2 Å². The molecule has 3 fully saturated rings. The zero-order chi connectivity index (χ0) is 24.7. The Morgan fingerprint density at radius 3 is 2.50 bits per heavy atom. The number of likely N-dealkylation sites (tertiary alicyclic amines) is 2. The summed E-state index contributed by atoms with van der Waals surface area (Å²) in [6, 6.07) is 4.63. The lowest BCUT2D eigenvalue weighted by Gasteiger charge is -2.50. The number of phenolic OH excluding ortho intramolecular Hbond substituents is 1. The summed E-state index contributed by atoms with van der Waals surface area (Å²) in [7, 11) is 2.85. The quantitative estimate of drug-likeness (QED) is 0.259. The van der Waals surface area contributed by atoms with Crippen LogP contribution in [-0.4, -0.2) is 67.9 Å². The lowest BCUT2D eigenvalue weighted by atomic mass is 9.56. The number of imide groups is 2. The van der Waals surface area contributed by atoms with Gasteiger partial charge in [-0.2, -0.15) is 0 Å². The van der Waals surface area contributed by atoms with Crippen LogP contribution in [0.15, 0.2) is 29.8 Å². The molecule has 8 nitrogen and oxygen atoms in total. The Balaban J connectivity index is 1.80. The average molecular weight is 572 g/mol. The van der Waals surface area contributed by atoms with Gasteiger partial charge in [-0.05, 0) is 30.9 Å². The van der Waals surface area contributed by atoms with Crippen molar-refractivity contribution in [3.63, 3.8) is 0 Å². The molecule has 4 aliphatic rings. The largest absolute Gasteiger partial charge is 0.508 e. The minimum absolute atomic E-state index is 0.0988. The lowest BCUT2D eigenvalue weighted by Crippen LogP contribution is -2.60. The fraction of sp³-hybridized carbons (Fsp3) is 0.478. The molecule has 1 N–H and O–H groups in total. The number of rotatable bonds is 3. The van der Waals surface area contributed by atoms with Crippen LogP contribution in [0.5, 0.6) is 11.5 Å². The number of phenols is 1. The van der Waals surface area contributed by atoms with Crippen molar-refractivity contribution in [2.24, 2.45) is 17.8 Å². The zero-order valence-electron chi connectivity index (χ0n) is 18.3. The van der Waals surface area contributed by atoms with Gasteiger partial charge in [0, 0.05) is 18.5 Å². The highest BCUT2D eigenvalue weighted by Crippen LogP contribution is 2.66. The molecule has 1 aromatic rings. The van der Waals surface area contributed by atoms with Gasteiger partial charge in [-0.25, -0.2) is 0 Å². The Hall–Kier alpha value is -2.10. The summed E-state index contributed by atoms with van der Waals surface area (Å²) >= 11 is 17.4. The smallest absolute Gasteiger partial charge is 0.254 e. The number of ether oxygens (including phenoxy) is 1. The normalized spacial score (nSPS) is 36.9. The van der Waals surface area contributed by atoms with Gasteiger partial charge in [0.15, 0.2) is 9.75 Å². The van der Waals surface area contributed by atoms with Crippen molar-refractivity contribution in [2.45, 2.75) is 28.5 Å². The van der Waals surface area contributed by atoms with Crippen molar-refractivity contribution in [3.8, 4) is 11.5 Å². The van der Waals surface area contributed by atoms with Gasteiger partial charge in [0.05, 0.1) is 24.4 Å². The van der Waals surface area contributed by atoms with E-state index in [1.165, 1.54) is 20.2 Å². The van der Waals surface area contributed by atoms with Crippen LogP contribution < -0.4 is 4.74 Å². The van der Waals surface area contributed by atoms with Crippen LogP contribution in [0.3, 0.4) is 0 Å². The molecule has 0 radical (unpaired) electrons. The predicted molar refractivity (Wildman–Crippen MR) is 126 cm³/mol. The maximum atomic E-state index is 13.7. The number of carbonyl (C=O) groups excluding carboxylic acids is 4. The number of hydrogen-bond donors (Lipinski definition) is 1. The number of nitrogens with zero attached hydrogens (tertiary/aromatic N) is 2. The van der Waals surface area contributed by atoms with Crippen LogP contribution in [0.1, 0.15) is 24.3 Å². The average Bonchev–Trinajstić information content (AvgIpc) is 3.12. The first-order chi connectivity index (χ1) is 16.0. The predicted octanol–water partition coefficient (Wildman–Crippen LogP) is 2.74. The molecule has 4 amide bonds. The van der Waals surface area contributed by atoms with Crippen molar-refractivity contribution in [1.29, 1.82) is 0 Å². The third-order valence-electron chi connectivity index (χ3n) is 7.79. The van der Waals surface area contributed by atoms with Crippen molar-refractivity contribution >= 4 is 62.8 Å². The van der Waals surface area contributed by atoms with E-state index in [1.54, 1.807) is 12.1 Å². The number of methoxy groups -OCH3 is 1. The van der Waals surface area contributed by atoms with E-state index < -0.39 is 45.2 Å². The Labute approximate surface area is 213 Å². The first-order valence-corrected chi connectivity index (χ1v) is 12.6. The van der Waals surface area contributed by atoms with Crippen LogP contribution in [0.25, 0.3) is 0 Å². The molecule has 1 aromatic carbocycles. The fourth-order valence-electron chi connectivity index (χ4n) is 6.23. The summed E-state index contributed by atoms with van der Waals surface area (Å²) in [5.41, 5.74) is 0.692. The first kappa shape index (κ1) is 23.6. The van der Waals surface area contributed by atoms with Gasteiger partial charge in [-0.1, -0.05) is 33.6 Å². The number of allylic oxidation sites excluding steroid dienone is 2. The number of fused-ring (bicyclic) bond motifs is 4. The Morgan fingerprint density at radius 1 is 1.15 bits per heavy atom. The third kappa shape index (κ3) is 2.66. The molecule has 34 heavy (non-hydrogen) atoms. The highest BCUT2D eigenvalue weighted by molar-refractivity contribution is 9.09. The summed E-state index contributed by atoms with van der Waals surface area (Å²) in [6.45, 7) is 0. The molecule has 2 heterocycles. The molecule has 6 atom stereocenters. The maximum Gasteiger partial charge on any atom is 0.254 e. The molecule has 11 heteroatoms. The number of carbonyl (C=O) groups is 4. The number of benzene rings is 1. The summed E-state index contributed by atoms with van der Waals surface area (Å²) in [5, 5.41) is 10.9. The molecule has 1 saturated carbocycles. The molecule has 2 aliphatic heterocycles. The zero-order valence-corrected chi connectivity index (χ0v) is 21.4. The van der Waals surface area contributed by atoms with E-state index in [0.29, 0.717) is 5.57 Å². The van der Waals surface area contributed by atoms with Crippen LogP contribution in [0.4, 0.5) is 0 Å². The molecule has 0 bridgehead atoms. The van der Waals surface area contributed by atoms with Gasteiger partial charge in [-0.15, -0.1) is 23.2 Å². The van der Waals surface area contributed by atoms with Crippen molar-refractivity contribution in [2.75, 3.05) is 19.6 Å². The Kier molecular flexibility index (Phi) is 5.35. The van der Waals surface area contributed by atoms with Crippen LogP contribution >= 0.6 is 39.1 Å². The van der Waals surface area contributed by atoms with E-state index in [4.69, 9.17) is 27.9 Å². The minimum atomic E-state index is -1.99. The Bertz CT molecular complexity index is 1190. The topological polar surface area (TPSA) is 104 Å². The van der Waals surface area contributed by atoms with Gasteiger partial charge in [-0.3, -0.25) is 29.0 Å². The SMILES string of the molecule is COc1cccc(O)c1[C@H]1C2=CC[C@@H]3C(=O)N(C)C(=O)[C@@H]3[C@@H]2C[C@@]2(Cl)C(=O)N(CBr)C(=O)[C@@]12Cl. The summed E-state index contributed by atoms with van der Waals surface area (Å²) < 4.78 is 5.51. The molecule has 2 aliphatic carbocycles. The molecule has 2 saturated heterocycles. The molecule has 0 spiro atoms. The standard InChI is InChI=1S/C23H21BrCl2N2O6/c1-27-18(30)11-7-6-10-12(15(11)19(27)31)8-22(25)20(32)28(9-24)21(33)23(22,26)17(10)16-13(29)4-3-5-14(16)34-2/h3-6,11-12,15,17,29H,7-9H2,1-2H3/t11-,12+,15-,17+,22+,23-/m0/s1. The minimum Gasteiger partial charge on any atom is -0.508 e. The van der Waals surface area contributed by atoms with Crippen molar-refractivity contribution < 1.29 is 29.0 Å². The van der Waals surface area contributed by atoms with E-state index >= 15 is 0 Å². The molecular weight excluding hydrogens is 551 g/mol. The van der Waals surface area contributed by atoms with Gasteiger partial charge in [0.25, 0.3) is 11.8 Å². The van der Waals surface area contributed by atoms with Crippen molar-refractivity contribution in [3.05, 3.63) is 35.4 Å². The maximum absolute atomic E-state index is 13.7. The van der Waals surface area contributed by atoms with Crippen molar-refractivity contribution in [1.82, 2.24) is 9.80 Å². The van der Waals surface area contributed by atoms with Gasteiger partial charge in [0.1, 0.15) is 11.5 Å². The second-order valence-corrected chi connectivity index (χ2v) is 10.9. The van der Waals surface area contributed by atoms with E-state index in [2.05, 4.69) is 15.9 Å². The summed E-state index contributed by atoms with van der Waals surface area (Å²) in [6.07, 6.45) is 1.98. The molecule has 0 unspecified atom stereocenters. The summed E-state index contributed by atoms with van der Waals surface area (Å²) in [4.78, 5) is 51.2. The van der Waals surface area contributed by atoms with E-state index in [0.717, 1.165) is 9.80 Å². The van der Waals surface area contributed by atoms with Gasteiger partial charge in [0.2, 0.25) is 11.8 Å². The number of hydrogen-bond acceptors (Lipinski definition) is 6. The number of amides is 4. The van der Waals surface area contributed by atoms with Crippen LogP contribution in [0, 0.1) is 17.8 Å². The third-order valence-corrected chi connectivity index (χ3v) is 9.70. The Morgan fingerprint density at radius 2 is 1.85 bits per heavy atom. The second kappa shape index (κ2) is 7.70. The number of alkyl halides is 3. The highest BCUT2D eigenvalue weighted by Gasteiger charge is 2.76. The van der Waals surface area contributed by atoms with E-state index in [9.17, 15) is 24.3 Å². The van der Waals surface area contributed by atoms with Gasteiger partial charge >= 0.3 is 0 Å².